The van der Waals surface area contributed by atoms with E-state index < -0.39 is 0 Å². The van der Waals surface area contributed by atoms with Gasteiger partial charge in [0.05, 0.1) is 76.3 Å². The van der Waals surface area contributed by atoms with E-state index in [2.05, 4.69) is 39.9 Å². The summed E-state index contributed by atoms with van der Waals surface area (Å²) in [6.07, 6.45) is 17.0. The number of pyridine rings is 4. The highest BCUT2D eigenvalue weighted by Crippen LogP contribution is 2.30. The molecule has 0 unspecified atom stereocenters. The quantitative estimate of drug-likeness (QED) is 0.0201. The first kappa shape index (κ1) is 113. The molecule has 11 aromatic carbocycles. The van der Waals surface area contributed by atoms with Crippen LogP contribution in [-0.2, 0) is 42.6 Å². The predicted octanol–water partition coefficient (Wildman–Crippen LogP) is 24.8. The lowest BCUT2D eigenvalue weighted by Crippen LogP contribution is -2.38. The molecule has 0 saturated carbocycles. The lowest BCUT2D eigenvalue weighted by molar-refractivity contribution is -0.134. The molecule has 26 nitrogen and oxygen atoms in total. The number of likely N-dealkylation sites (tertiary alicyclic amines) is 1. The zero-order valence-electron chi connectivity index (χ0n) is 83.9. The molecule has 1 aliphatic rings. The molecule has 27 heteroatoms. The van der Waals surface area contributed by atoms with Crippen LogP contribution in [0.15, 0.2) is 382 Å². The van der Waals surface area contributed by atoms with Crippen LogP contribution < -0.4 is 85.3 Å². The lowest BCUT2D eigenvalue weighted by Gasteiger charge is -2.26. The second-order valence-corrected chi connectivity index (χ2v) is 31.6. The molecule has 2 amide bonds. The van der Waals surface area contributed by atoms with Crippen LogP contribution in [0.5, 0.6) is 109 Å². The number of piperidine rings is 1. The number of allylic oxidation sites excluding steroid dienone is 1. The molecule has 0 atom stereocenters. The van der Waals surface area contributed by atoms with Gasteiger partial charge in [0, 0.05) is 125 Å². The van der Waals surface area contributed by atoms with E-state index in [0.717, 1.165) is 152 Å². The first-order valence-electron chi connectivity index (χ1n) is 46.3. The van der Waals surface area contributed by atoms with E-state index in [1.165, 1.54) is 16.9 Å². The summed E-state index contributed by atoms with van der Waals surface area (Å²) in [5, 5.41) is 0.469. The number of halogens is 1. The molecule has 0 aliphatic carbocycles. The van der Waals surface area contributed by atoms with Crippen LogP contribution in [0.25, 0.3) is 0 Å². The van der Waals surface area contributed by atoms with E-state index in [4.69, 9.17) is 96.9 Å². The predicted molar refractivity (Wildman–Crippen MR) is 563 cm³/mol. The molecule has 1 saturated heterocycles. The van der Waals surface area contributed by atoms with Gasteiger partial charge in [-0.3, -0.25) is 24.5 Å². The van der Waals surface area contributed by atoms with Crippen molar-refractivity contribution in [3.8, 4) is 109 Å². The van der Waals surface area contributed by atoms with Crippen molar-refractivity contribution >= 4 is 23.4 Å². The third-order valence-corrected chi connectivity index (χ3v) is 20.3. The SMILES string of the molecule is COc1cccc(OCC(=O)N(C)C)c1.COc1cccc(OCC(=O)N2CCCCC2)c1.COc1cccc(OCCC=C(C)C)c1.COc1cccc(OCc2ccccc2)c1.COc1cccc(OCc2ccccn2)c1.COc1cccc(OCc2cccnc2)c1.COc1cccc(OCc2ccnc(Cl)c2)c1.COc1cccc(OCc2ccncc2)c1.COc1cccc(Oc2ccccc2)c1. The van der Waals surface area contributed by atoms with Gasteiger partial charge in [-0.05, 0) is 220 Å². The Balaban J connectivity index is 0.000000198. The number of hydrogen-bond donors (Lipinski definition) is 0. The Hall–Kier alpha value is -16.6. The van der Waals surface area contributed by atoms with Gasteiger partial charge < -0.3 is 95.1 Å². The van der Waals surface area contributed by atoms with Crippen molar-refractivity contribution in [1.82, 2.24) is 29.7 Å². The summed E-state index contributed by atoms with van der Waals surface area (Å²) in [6.45, 7) is 9.30. The van der Waals surface area contributed by atoms with E-state index in [1.807, 2.05) is 314 Å². The zero-order chi connectivity index (χ0) is 103. The van der Waals surface area contributed by atoms with Crippen LogP contribution >= 0.6 is 11.6 Å². The normalized spacial score (nSPS) is 10.4. The maximum absolute atomic E-state index is 11.9. The van der Waals surface area contributed by atoms with Crippen molar-refractivity contribution in [3.63, 3.8) is 0 Å². The summed E-state index contributed by atoms with van der Waals surface area (Å²) in [7, 11) is 18.1. The van der Waals surface area contributed by atoms with Crippen molar-refractivity contribution in [2.45, 2.75) is 72.6 Å². The van der Waals surface area contributed by atoms with Crippen molar-refractivity contribution in [2.75, 3.05) is 111 Å². The molecule has 1 fully saturated rings. The zero-order valence-corrected chi connectivity index (χ0v) is 84.7. The number of nitrogens with zero attached hydrogens (tertiary/aromatic N) is 6. The smallest absolute Gasteiger partial charge is 0.260 e. The van der Waals surface area contributed by atoms with Crippen LogP contribution in [0, 0.1) is 0 Å². The fourth-order valence-corrected chi connectivity index (χ4v) is 12.6. The molecule has 1 aliphatic heterocycles. The van der Waals surface area contributed by atoms with Gasteiger partial charge in [0.25, 0.3) is 11.8 Å². The van der Waals surface area contributed by atoms with Gasteiger partial charge in [-0.25, -0.2) is 4.98 Å². The van der Waals surface area contributed by atoms with Crippen LogP contribution in [0.3, 0.4) is 0 Å². The number of amides is 2. The first-order valence-corrected chi connectivity index (χ1v) is 46.7. The maximum atomic E-state index is 11.9. The number of carbonyl (C=O) groups excluding carboxylic acids is 2. The number of rotatable bonds is 36. The van der Waals surface area contributed by atoms with E-state index in [9.17, 15) is 9.59 Å². The minimum absolute atomic E-state index is 0.0418. The van der Waals surface area contributed by atoms with Crippen LogP contribution in [0.1, 0.15) is 67.5 Å². The van der Waals surface area contributed by atoms with Gasteiger partial charge in [0.1, 0.15) is 147 Å². The second-order valence-electron chi connectivity index (χ2n) is 31.2. The fourth-order valence-electron chi connectivity index (χ4n) is 12.4. The minimum Gasteiger partial charge on any atom is -0.497 e. The highest BCUT2D eigenvalue weighted by molar-refractivity contribution is 6.29. The first-order chi connectivity index (χ1) is 70.3. The Bertz CT molecular complexity index is 5750. The monoisotopic (exact) mass is 1970 g/mol. The lowest BCUT2D eigenvalue weighted by atomic mass is 10.1. The molecular weight excluding hydrogens is 1840 g/mol. The Morgan fingerprint density at radius 2 is 0.646 bits per heavy atom. The van der Waals surface area contributed by atoms with E-state index in [0.29, 0.717) is 62.0 Å². The van der Waals surface area contributed by atoms with Gasteiger partial charge in [0.15, 0.2) is 13.2 Å². The molecule has 0 N–H and O–H groups in total. The summed E-state index contributed by atoms with van der Waals surface area (Å²) in [4.78, 5) is 42.6. The average Bonchev–Trinajstić information content (AvgIpc) is 0.891. The summed E-state index contributed by atoms with van der Waals surface area (Å²) < 4.78 is 96.1. The Morgan fingerprint density at radius 1 is 0.306 bits per heavy atom. The van der Waals surface area contributed by atoms with Gasteiger partial charge in [0.2, 0.25) is 0 Å². The number of para-hydroxylation sites is 1. The molecular formula is C117H129ClN6O20. The topological polar surface area (TPSA) is 258 Å². The van der Waals surface area contributed by atoms with Crippen LogP contribution in [0.4, 0.5) is 0 Å². The van der Waals surface area contributed by atoms with Crippen molar-refractivity contribution < 1.29 is 94.9 Å². The Kier molecular flexibility index (Phi) is 52.9. The summed E-state index contributed by atoms with van der Waals surface area (Å²) in [6, 6.07) is 104. The fraction of sp³-hybridized carbons (Fsp3) is 0.231. The summed E-state index contributed by atoms with van der Waals surface area (Å²) in [5.41, 5.74) is 6.51. The highest BCUT2D eigenvalue weighted by atomic mass is 35.5. The second kappa shape index (κ2) is 67.6. The number of likely N-dealkylation sites (N-methyl/N-ethyl adjacent to an activating group) is 1. The molecule has 0 bridgehead atoms. The van der Waals surface area contributed by atoms with Gasteiger partial charge in [-0.1, -0.05) is 139 Å². The van der Waals surface area contributed by atoms with Gasteiger partial charge >= 0.3 is 0 Å². The van der Waals surface area contributed by atoms with Gasteiger partial charge in [-0.2, -0.15) is 0 Å². The minimum atomic E-state index is -0.0715. The number of aromatic nitrogens is 4. The third-order valence-electron chi connectivity index (χ3n) is 20.1. The Labute approximate surface area is 851 Å². The maximum Gasteiger partial charge on any atom is 0.260 e. The van der Waals surface area contributed by atoms with Crippen LogP contribution in [-0.4, -0.2) is 153 Å². The van der Waals surface area contributed by atoms with E-state index in [1.54, 1.807) is 140 Å². The number of methoxy groups -OCH3 is 9. The van der Waals surface area contributed by atoms with Crippen molar-refractivity contribution in [3.05, 3.63) is 416 Å². The van der Waals surface area contributed by atoms with Crippen molar-refractivity contribution in [1.29, 1.82) is 0 Å². The summed E-state index contributed by atoms with van der Waals surface area (Å²) in [5.74, 6) is 14.8. The third kappa shape index (κ3) is 46.9. The summed E-state index contributed by atoms with van der Waals surface area (Å²) >= 11 is 5.79. The number of benzene rings is 11. The molecule has 144 heavy (non-hydrogen) atoms. The Morgan fingerprint density at radius 3 is 1.03 bits per heavy atom. The molecule has 0 spiro atoms. The highest BCUT2D eigenvalue weighted by Gasteiger charge is 2.18. The number of hydrogen-bond acceptors (Lipinski definition) is 24. The molecule has 0 radical (unpaired) electrons. The largest absolute Gasteiger partial charge is 0.497 e. The molecule has 15 aromatic rings. The van der Waals surface area contributed by atoms with E-state index in [-0.39, 0.29) is 25.0 Å². The van der Waals surface area contributed by atoms with Crippen molar-refractivity contribution in [2.24, 2.45) is 0 Å². The molecule has 16 rings (SSSR count). The van der Waals surface area contributed by atoms with Gasteiger partial charge in [-0.15, -0.1) is 0 Å². The molecule has 4 aromatic heterocycles. The van der Waals surface area contributed by atoms with Crippen LogP contribution in [0.2, 0.25) is 5.15 Å². The van der Waals surface area contributed by atoms with E-state index >= 15 is 0 Å². The average molecular weight is 1970 g/mol. The number of ether oxygens (including phenoxy) is 18. The molecule has 754 valence electrons. The standard InChI is InChI=1S/C14H19NO3.C14H14O2.C13H12ClNO2.3C13H13NO2.C13H12O2.C13H18O2.C11H15NO3/c1-17-12-6-5-7-13(10-12)18-11-14(16)15-8-3-2-4-9-15;1-15-13-8-5-9-14(10-13)16-11-12-6-3-2-4-7-12;1-16-11-3-2-4-12(8-11)17-9-10-5-6-15-13(14)7-10;1-15-12-5-2-6-13(8-12)16-10-11-4-3-7-14-9-11;1-15-12-6-4-7-13(9-12)16-10-11-5-2-3-8-14-11;1-15-12-3-2-4-13(9-12)16-10-11-5-7-14-8-6-11;1-14-12-8-5-9-13(10-12)15-11-6-3-2-4-7-11;1-11(2)6-5-9-15-13-8-4-7-12(10-13)14-3;1-12(2)11(13)8-15-10-6-4-5-9(7-10)14-3/h5-7,10H,2-4,8-9,11H2,1H3;2-10H,11H2,1H3;2-8H,9H2,1H3;3*2-9H,10H2,1H3;2-10H,1H3;4,6-8,10H,5,9H2,1-3H3;4-7H,8H2,1-3H3. The number of carbonyl (C=O) groups is 2. The molecule has 5 heterocycles.